The Hall–Kier alpha value is -2.90. The molecule has 1 aliphatic heterocycles. The predicted octanol–water partition coefficient (Wildman–Crippen LogP) is 4.60. The molecule has 1 saturated heterocycles. The maximum Gasteiger partial charge on any atom is 0.261 e. The van der Waals surface area contributed by atoms with Crippen LogP contribution < -0.4 is 14.2 Å². The molecule has 0 radical (unpaired) electrons. The first-order valence-electron chi connectivity index (χ1n) is 10.6. The fourth-order valence-corrected chi connectivity index (χ4v) is 4.19. The van der Waals surface area contributed by atoms with E-state index in [1.807, 2.05) is 54.6 Å². The summed E-state index contributed by atoms with van der Waals surface area (Å²) in [5.41, 5.74) is 1.76. The summed E-state index contributed by atoms with van der Waals surface area (Å²) in [5.74, 6) is -0.858. The normalized spacial score (nSPS) is 16.8. The zero-order valence-corrected chi connectivity index (χ0v) is 18.2. The van der Waals surface area contributed by atoms with E-state index in [9.17, 15) is 13.9 Å². The zero-order valence-electron chi connectivity index (χ0n) is 18.2. The first-order chi connectivity index (χ1) is 15.4. The average Bonchev–Trinajstić information content (AvgIpc) is 3.14. The zero-order chi connectivity index (χ0) is 22.7. The lowest BCUT2D eigenvalue weighted by atomic mass is 9.97. The van der Waals surface area contributed by atoms with E-state index in [0.29, 0.717) is 17.2 Å². The standard InChI is InChI=1S/C25H27F2NO4/c1-30-23-9-5-8-21(24(23)31-2)22-13-19(12-17-6-3-4-7-20(17)22)32-15-18(29)14-28-11-10-25(26,27)16-28/h3-9,12-13,18,29H,10-11,14-16H2,1-2H3. The first-order valence-corrected chi connectivity index (χ1v) is 10.6. The van der Waals surface area contributed by atoms with Crippen molar-refractivity contribution >= 4 is 10.8 Å². The van der Waals surface area contributed by atoms with Gasteiger partial charge in [0.05, 0.1) is 20.8 Å². The molecule has 0 aromatic heterocycles. The first kappa shape index (κ1) is 22.3. The number of aliphatic hydroxyl groups is 1. The molecule has 5 nitrogen and oxygen atoms in total. The summed E-state index contributed by atoms with van der Waals surface area (Å²) in [7, 11) is 3.19. The molecule has 7 heteroatoms. The van der Waals surface area contributed by atoms with E-state index in [2.05, 4.69) is 0 Å². The number of ether oxygens (including phenoxy) is 3. The van der Waals surface area contributed by atoms with Gasteiger partial charge in [-0.05, 0) is 34.5 Å². The summed E-state index contributed by atoms with van der Waals surface area (Å²) in [4.78, 5) is 1.57. The van der Waals surface area contributed by atoms with Crippen molar-refractivity contribution < 1.29 is 28.1 Å². The Balaban J connectivity index is 1.59. The second-order valence-electron chi connectivity index (χ2n) is 8.04. The van der Waals surface area contributed by atoms with Crippen LogP contribution in [0.1, 0.15) is 6.42 Å². The van der Waals surface area contributed by atoms with Crippen LogP contribution in [-0.2, 0) is 0 Å². The van der Waals surface area contributed by atoms with Crippen LogP contribution in [0.5, 0.6) is 17.2 Å². The fourth-order valence-electron chi connectivity index (χ4n) is 4.19. The minimum atomic E-state index is -2.68. The van der Waals surface area contributed by atoms with E-state index >= 15 is 0 Å². The Kier molecular flexibility index (Phi) is 6.48. The summed E-state index contributed by atoms with van der Waals surface area (Å²) in [5, 5.41) is 12.3. The highest BCUT2D eigenvalue weighted by atomic mass is 19.3. The summed E-state index contributed by atoms with van der Waals surface area (Å²) in [6.07, 6.45) is -1.04. The monoisotopic (exact) mass is 443 g/mol. The van der Waals surface area contributed by atoms with Gasteiger partial charge in [0.1, 0.15) is 18.5 Å². The van der Waals surface area contributed by atoms with Gasteiger partial charge in [0.25, 0.3) is 5.92 Å². The lowest BCUT2D eigenvalue weighted by Crippen LogP contribution is -2.35. The molecule has 0 saturated carbocycles. The summed E-state index contributed by atoms with van der Waals surface area (Å²) >= 11 is 0. The summed E-state index contributed by atoms with van der Waals surface area (Å²) in [6, 6.07) is 17.4. The molecule has 0 aliphatic carbocycles. The lowest BCUT2D eigenvalue weighted by Gasteiger charge is -2.20. The van der Waals surface area contributed by atoms with Gasteiger partial charge >= 0.3 is 0 Å². The number of methoxy groups -OCH3 is 2. The number of hydrogen-bond acceptors (Lipinski definition) is 5. The molecule has 1 fully saturated rings. The average molecular weight is 443 g/mol. The molecular weight excluding hydrogens is 416 g/mol. The van der Waals surface area contributed by atoms with E-state index in [1.54, 1.807) is 19.1 Å². The van der Waals surface area contributed by atoms with Crippen LogP contribution in [0.4, 0.5) is 8.78 Å². The number of para-hydroxylation sites is 1. The summed E-state index contributed by atoms with van der Waals surface area (Å²) < 4.78 is 43.8. The summed E-state index contributed by atoms with van der Waals surface area (Å²) in [6.45, 7) is 0.120. The molecule has 1 heterocycles. The van der Waals surface area contributed by atoms with Gasteiger partial charge in [-0.3, -0.25) is 4.90 Å². The highest BCUT2D eigenvalue weighted by molar-refractivity contribution is 5.99. The lowest BCUT2D eigenvalue weighted by molar-refractivity contribution is 0.00461. The minimum absolute atomic E-state index is 0.00903. The van der Waals surface area contributed by atoms with Crippen molar-refractivity contribution in [3.63, 3.8) is 0 Å². The molecule has 1 unspecified atom stereocenters. The Morgan fingerprint density at radius 1 is 1.03 bits per heavy atom. The quantitative estimate of drug-likeness (QED) is 0.551. The second kappa shape index (κ2) is 9.30. The SMILES string of the molecule is COc1cccc(-c2cc(OCC(O)CN3CCC(F)(F)C3)cc3ccccc23)c1OC. The Labute approximate surface area is 186 Å². The van der Waals surface area contributed by atoms with Crippen molar-refractivity contribution in [1.82, 2.24) is 4.90 Å². The largest absolute Gasteiger partial charge is 0.493 e. The van der Waals surface area contributed by atoms with Gasteiger partial charge < -0.3 is 19.3 Å². The smallest absolute Gasteiger partial charge is 0.261 e. The van der Waals surface area contributed by atoms with E-state index in [4.69, 9.17) is 14.2 Å². The molecule has 32 heavy (non-hydrogen) atoms. The number of benzene rings is 3. The number of fused-ring (bicyclic) bond motifs is 1. The van der Waals surface area contributed by atoms with Crippen molar-refractivity contribution in [2.24, 2.45) is 0 Å². The van der Waals surface area contributed by atoms with Crippen LogP contribution in [0.25, 0.3) is 21.9 Å². The third-order valence-electron chi connectivity index (χ3n) is 5.69. The number of aliphatic hydroxyl groups excluding tert-OH is 1. The van der Waals surface area contributed by atoms with Crippen LogP contribution in [-0.4, -0.2) is 62.5 Å². The van der Waals surface area contributed by atoms with Gasteiger partial charge in [0, 0.05) is 25.1 Å². The third-order valence-corrected chi connectivity index (χ3v) is 5.69. The van der Waals surface area contributed by atoms with Crippen molar-refractivity contribution in [3.05, 3.63) is 54.6 Å². The van der Waals surface area contributed by atoms with Gasteiger partial charge in [0.2, 0.25) is 0 Å². The molecule has 0 spiro atoms. The van der Waals surface area contributed by atoms with Gasteiger partial charge in [0.15, 0.2) is 11.5 Å². The van der Waals surface area contributed by atoms with Crippen LogP contribution >= 0.6 is 0 Å². The molecule has 4 rings (SSSR count). The molecule has 3 aromatic carbocycles. The van der Waals surface area contributed by atoms with Gasteiger partial charge in [-0.2, -0.15) is 0 Å². The van der Waals surface area contributed by atoms with E-state index in [0.717, 1.165) is 21.9 Å². The van der Waals surface area contributed by atoms with E-state index in [-0.39, 0.29) is 32.7 Å². The Morgan fingerprint density at radius 3 is 2.56 bits per heavy atom. The highest BCUT2D eigenvalue weighted by Gasteiger charge is 2.38. The Bertz CT molecular complexity index is 1090. The minimum Gasteiger partial charge on any atom is -0.493 e. The fraction of sp³-hybridized carbons (Fsp3) is 0.360. The number of likely N-dealkylation sites (tertiary alicyclic amines) is 1. The number of nitrogens with zero attached hydrogens (tertiary/aromatic N) is 1. The van der Waals surface area contributed by atoms with Crippen molar-refractivity contribution in [3.8, 4) is 28.4 Å². The van der Waals surface area contributed by atoms with Gasteiger partial charge in [-0.25, -0.2) is 8.78 Å². The maximum atomic E-state index is 13.4. The number of halogens is 2. The van der Waals surface area contributed by atoms with Crippen molar-refractivity contribution in [1.29, 1.82) is 0 Å². The van der Waals surface area contributed by atoms with Gasteiger partial charge in [-0.15, -0.1) is 0 Å². The van der Waals surface area contributed by atoms with E-state index < -0.39 is 12.0 Å². The van der Waals surface area contributed by atoms with Crippen LogP contribution in [0.2, 0.25) is 0 Å². The third kappa shape index (κ3) is 4.79. The molecule has 1 N–H and O–H groups in total. The Morgan fingerprint density at radius 2 is 1.84 bits per heavy atom. The molecule has 1 atom stereocenters. The number of β-amino-alcohol motifs (C(OH)–C–C–N with tert-alkyl or cyclic N) is 1. The highest BCUT2D eigenvalue weighted by Crippen LogP contribution is 2.42. The topological polar surface area (TPSA) is 51.2 Å². The molecule has 170 valence electrons. The van der Waals surface area contributed by atoms with Crippen molar-refractivity contribution in [2.75, 3.05) is 40.5 Å². The maximum absolute atomic E-state index is 13.4. The van der Waals surface area contributed by atoms with Gasteiger partial charge in [-0.1, -0.05) is 36.4 Å². The van der Waals surface area contributed by atoms with Crippen LogP contribution in [0, 0.1) is 0 Å². The van der Waals surface area contributed by atoms with Crippen LogP contribution in [0.15, 0.2) is 54.6 Å². The van der Waals surface area contributed by atoms with Crippen molar-refractivity contribution in [2.45, 2.75) is 18.4 Å². The number of rotatable bonds is 8. The predicted molar refractivity (Wildman–Crippen MR) is 120 cm³/mol. The number of alkyl halides is 2. The molecule has 3 aromatic rings. The molecule has 0 amide bonds. The second-order valence-corrected chi connectivity index (χ2v) is 8.04. The van der Waals surface area contributed by atoms with E-state index in [1.165, 1.54) is 0 Å². The molecule has 0 bridgehead atoms. The molecule has 1 aliphatic rings. The number of hydrogen-bond donors (Lipinski definition) is 1. The molecular formula is C25H27F2NO4. The van der Waals surface area contributed by atoms with Crippen LogP contribution in [0.3, 0.4) is 0 Å².